The maximum absolute atomic E-state index is 13.1. The van der Waals surface area contributed by atoms with Crippen LogP contribution in [-0.2, 0) is 4.74 Å². The van der Waals surface area contributed by atoms with Gasteiger partial charge in [0.1, 0.15) is 11.3 Å². The zero-order valence-corrected chi connectivity index (χ0v) is 17.4. The summed E-state index contributed by atoms with van der Waals surface area (Å²) >= 11 is 7.49. The van der Waals surface area contributed by atoms with Crippen molar-refractivity contribution in [1.29, 1.82) is 0 Å². The Bertz CT molecular complexity index is 1000. The lowest BCUT2D eigenvalue weighted by atomic mass is 9.81. The average Bonchev–Trinajstić information content (AvgIpc) is 3.13. The number of aliphatic hydroxyl groups is 1. The molecule has 0 radical (unpaired) electrons. The van der Waals surface area contributed by atoms with E-state index in [1.165, 1.54) is 11.8 Å². The molecule has 0 aliphatic carbocycles. The van der Waals surface area contributed by atoms with Crippen LogP contribution in [0, 0.1) is 5.41 Å². The number of aromatic amines is 1. The van der Waals surface area contributed by atoms with Crippen molar-refractivity contribution in [2.75, 3.05) is 26.4 Å². The summed E-state index contributed by atoms with van der Waals surface area (Å²) in [5.74, 6) is -0.209. The molecule has 0 spiro atoms. The maximum Gasteiger partial charge on any atom is 0.268 e. The van der Waals surface area contributed by atoms with Gasteiger partial charge >= 0.3 is 0 Å². The number of ether oxygens (including phenoxy) is 1. The van der Waals surface area contributed by atoms with Crippen molar-refractivity contribution in [2.24, 2.45) is 5.41 Å². The van der Waals surface area contributed by atoms with E-state index in [0.29, 0.717) is 36.1 Å². The lowest BCUT2D eigenvalue weighted by Crippen LogP contribution is -2.43. The number of H-pyrrole nitrogens is 1. The summed E-state index contributed by atoms with van der Waals surface area (Å²) in [7, 11) is 0. The van der Waals surface area contributed by atoms with Crippen molar-refractivity contribution in [2.45, 2.75) is 22.6 Å². The predicted molar refractivity (Wildman–Crippen MR) is 114 cm³/mol. The minimum Gasteiger partial charge on any atom is -0.396 e. The van der Waals surface area contributed by atoms with Crippen molar-refractivity contribution < 1.29 is 14.6 Å². The molecule has 2 aromatic heterocycles. The molecule has 3 heterocycles. The molecule has 1 saturated heterocycles. The van der Waals surface area contributed by atoms with Crippen LogP contribution < -0.4 is 5.32 Å². The number of pyridine rings is 1. The Morgan fingerprint density at radius 1 is 1.28 bits per heavy atom. The van der Waals surface area contributed by atoms with Crippen LogP contribution in [0.2, 0.25) is 5.02 Å². The van der Waals surface area contributed by atoms with Gasteiger partial charge in [0.15, 0.2) is 0 Å². The lowest BCUT2D eigenvalue weighted by molar-refractivity contribution is -0.0146. The normalized spacial score (nSPS) is 16.1. The molecule has 8 heteroatoms. The number of nitrogens with one attached hydrogen (secondary N) is 2. The molecule has 3 N–H and O–H groups in total. The summed E-state index contributed by atoms with van der Waals surface area (Å²) in [6, 6.07) is 11.3. The number of amides is 1. The fourth-order valence-electron chi connectivity index (χ4n) is 3.44. The van der Waals surface area contributed by atoms with E-state index >= 15 is 0 Å². The zero-order chi connectivity index (χ0) is 20.3. The largest absolute Gasteiger partial charge is 0.396 e. The maximum atomic E-state index is 13.1. The smallest absolute Gasteiger partial charge is 0.268 e. The molecule has 6 nitrogen and oxygen atoms in total. The second kappa shape index (κ2) is 8.75. The average molecular weight is 432 g/mol. The fraction of sp³-hybridized carbons (Fsp3) is 0.333. The number of rotatable bonds is 6. The molecule has 0 saturated carbocycles. The third kappa shape index (κ3) is 4.43. The number of halogens is 1. The van der Waals surface area contributed by atoms with Gasteiger partial charge in [0, 0.05) is 46.7 Å². The predicted octanol–water partition coefficient (Wildman–Crippen LogP) is 3.89. The van der Waals surface area contributed by atoms with Crippen LogP contribution in [0.4, 0.5) is 0 Å². The molecule has 1 aliphatic rings. The minimum atomic E-state index is -0.332. The third-order valence-electron chi connectivity index (χ3n) is 5.30. The van der Waals surface area contributed by atoms with Gasteiger partial charge in [-0.3, -0.25) is 4.79 Å². The van der Waals surface area contributed by atoms with Gasteiger partial charge in [0.2, 0.25) is 0 Å². The molecule has 1 aromatic carbocycles. The van der Waals surface area contributed by atoms with Crippen LogP contribution in [0.25, 0.3) is 11.0 Å². The summed E-state index contributed by atoms with van der Waals surface area (Å²) in [5.41, 5.74) is 0.803. The number of aliphatic hydroxyl groups excluding tert-OH is 1. The van der Waals surface area contributed by atoms with Crippen LogP contribution in [0.5, 0.6) is 0 Å². The van der Waals surface area contributed by atoms with Crippen molar-refractivity contribution in [1.82, 2.24) is 15.3 Å². The topological polar surface area (TPSA) is 87.2 Å². The van der Waals surface area contributed by atoms with E-state index < -0.39 is 0 Å². The SMILES string of the molecule is O=C(NCC1(CO)CCOCC1)c1[nH]c2ncccc2c1Sc1ccc(Cl)cc1. The Labute approximate surface area is 178 Å². The second-order valence-corrected chi connectivity index (χ2v) is 8.76. The Morgan fingerprint density at radius 3 is 2.76 bits per heavy atom. The van der Waals surface area contributed by atoms with Gasteiger partial charge in [-0.05, 0) is 49.2 Å². The number of carbonyl (C=O) groups excluding carboxylic acids is 1. The van der Waals surface area contributed by atoms with Crippen LogP contribution >= 0.6 is 23.4 Å². The summed E-state index contributed by atoms with van der Waals surface area (Å²) < 4.78 is 5.40. The summed E-state index contributed by atoms with van der Waals surface area (Å²) in [6.45, 7) is 1.63. The highest BCUT2D eigenvalue weighted by molar-refractivity contribution is 7.99. The summed E-state index contributed by atoms with van der Waals surface area (Å²) in [5, 5.41) is 14.4. The summed E-state index contributed by atoms with van der Waals surface area (Å²) in [6.07, 6.45) is 3.15. The second-order valence-electron chi connectivity index (χ2n) is 7.24. The molecule has 1 amide bonds. The van der Waals surface area contributed by atoms with Gasteiger partial charge in [0.25, 0.3) is 5.91 Å². The first-order chi connectivity index (χ1) is 14.1. The third-order valence-corrected chi connectivity index (χ3v) is 6.68. The van der Waals surface area contributed by atoms with E-state index in [0.717, 1.165) is 28.0 Å². The zero-order valence-electron chi connectivity index (χ0n) is 15.8. The number of fused-ring (bicyclic) bond motifs is 1. The Balaban J connectivity index is 1.60. The minimum absolute atomic E-state index is 0.0251. The fourth-order valence-corrected chi connectivity index (χ4v) is 4.59. The highest BCUT2D eigenvalue weighted by Gasteiger charge is 2.33. The van der Waals surface area contributed by atoms with Gasteiger partial charge in [0.05, 0.1) is 11.5 Å². The van der Waals surface area contributed by atoms with Crippen LogP contribution in [0.1, 0.15) is 23.3 Å². The van der Waals surface area contributed by atoms with E-state index in [1.807, 2.05) is 36.4 Å². The van der Waals surface area contributed by atoms with E-state index in [2.05, 4.69) is 15.3 Å². The molecule has 4 rings (SSSR count). The van der Waals surface area contributed by atoms with Gasteiger partial charge in [-0.2, -0.15) is 0 Å². The van der Waals surface area contributed by atoms with E-state index in [9.17, 15) is 9.90 Å². The van der Waals surface area contributed by atoms with Crippen molar-refractivity contribution in [3.63, 3.8) is 0 Å². The standard InChI is InChI=1S/C21H22ClN3O3S/c22-14-3-5-15(6-4-14)29-18-16-2-1-9-23-19(16)25-17(18)20(27)24-12-21(13-26)7-10-28-11-8-21/h1-6,9,26H,7-8,10-13H2,(H,23,25)(H,24,27). The lowest BCUT2D eigenvalue weighted by Gasteiger charge is -2.35. The highest BCUT2D eigenvalue weighted by atomic mass is 35.5. The molecule has 1 aliphatic heterocycles. The first kappa shape index (κ1) is 20.2. The monoisotopic (exact) mass is 431 g/mol. The van der Waals surface area contributed by atoms with E-state index in [-0.39, 0.29) is 17.9 Å². The number of aromatic nitrogens is 2. The van der Waals surface area contributed by atoms with Gasteiger partial charge < -0.3 is 20.1 Å². The first-order valence-electron chi connectivity index (χ1n) is 9.47. The molecule has 3 aromatic rings. The van der Waals surface area contributed by atoms with Crippen LogP contribution in [-0.4, -0.2) is 47.3 Å². The van der Waals surface area contributed by atoms with Crippen molar-refractivity contribution in [3.05, 3.63) is 53.3 Å². The Hall–Kier alpha value is -2.06. The van der Waals surface area contributed by atoms with Crippen LogP contribution in [0.3, 0.4) is 0 Å². The quantitative estimate of drug-likeness (QED) is 0.551. The molecule has 0 atom stereocenters. The van der Waals surface area contributed by atoms with Crippen molar-refractivity contribution in [3.8, 4) is 0 Å². The number of benzene rings is 1. The van der Waals surface area contributed by atoms with Gasteiger partial charge in [-0.1, -0.05) is 23.4 Å². The van der Waals surface area contributed by atoms with Crippen molar-refractivity contribution >= 4 is 40.3 Å². The molecule has 1 fully saturated rings. The Morgan fingerprint density at radius 2 is 2.03 bits per heavy atom. The number of hydrogen-bond acceptors (Lipinski definition) is 5. The molecule has 152 valence electrons. The first-order valence-corrected chi connectivity index (χ1v) is 10.7. The Kier molecular flexibility index (Phi) is 6.10. The molecule has 0 bridgehead atoms. The summed E-state index contributed by atoms with van der Waals surface area (Å²) in [4.78, 5) is 22.4. The van der Waals surface area contributed by atoms with Gasteiger partial charge in [-0.25, -0.2) is 4.98 Å². The number of hydrogen-bond donors (Lipinski definition) is 3. The highest BCUT2D eigenvalue weighted by Crippen LogP contribution is 2.37. The van der Waals surface area contributed by atoms with E-state index in [1.54, 1.807) is 6.20 Å². The molecule has 29 heavy (non-hydrogen) atoms. The molecule has 0 unspecified atom stereocenters. The number of nitrogens with zero attached hydrogens (tertiary/aromatic N) is 1. The number of carbonyl (C=O) groups is 1. The van der Waals surface area contributed by atoms with E-state index in [4.69, 9.17) is 16.3 Å². The molecular weight excluding hydrogens is 410 g/mol. The molecular formula is C21H22ClN3O3S. The van der Waals surface area contributed by atoms with Gasteiger partial charge in [-0.15, -0.1) is 0 Å². The van der Waals surface area contributed by atoms with Crippen LogP contribution in [0.15, 0.2) is 52.4 Å².